The lowest BCUT2D eigenvalue weighted by atomic mass is 10.1. The Balaban J connectivity index is 1.75. The number of aliphatic hydroxyl groups excluding tert-OH is 2. The zero-order chi connectivity index (χ0) is 18.4. The van der Waals surface area contributed by atoms with E-state index in [-0.39, 0.29) is 13.2 Å². The molecule has 25 heavy (non-hydrogen) atoms. The van der Waals surface area contributed by atoms with E-state index >= 15 is 0 Å². The van der Waals surface area contributed by atoms with E-state index in [2.05, 4.69) is 0 Å². The fourth-order valence-corrected chi connectivity index (χ4v) is 3.31. The van der Waals surface area contributed by atoms with Gasteiger partial charge in [-0.25, -0.2) is 0 Å². The van der Waals surface area contributed by atoms with Crippen LogP contribution in [0.2, 0.25) is 20.1 Å². The van der Waals surface area contributed by atoms with Crippen molar-refractivity contribution in [1.29, 1.82) is 0 Å². The SMILES string of the molecule is OC(COCC(O)Cc1ccc(Cl)cc1Cl)Cc1ccc(Cl)cc1Cl. The van der Waals surface area contributed by atoms with Crippen LogP contribution in [0.15, 0.2) is 36.4 Å². The highest BCUT2D eigenvalue weighted by Gasteiger charge is 2.13. The van der Waals surface area contributed by atoms with Crippen LogP contribution in [0.1, 0.15) is 11.1 Å². The smallest absolute Gasteiger partial charge is 0.0814 e. The third kappa shape index (κ3) is 6.95. The summed E-state index contributed by atoms with van der Waals surface area (Å²) in [6, 6.07) is 10.2. The van der Waals surface area contributed by atoms with Gasteiger partial charge in [-0.05, 0) is 35.4 Å². The molecule has 2 N–H and O–H groups in total. The molecule has 2 aromatic rings. The minimum atomic E-state index is -0.731. The van der Waals surface area contributed by atoms with Gasteiger partial charge in [-0.1, -0.05) is 58.5 Å². The van der Waals surface area contributed by atoms with Crippen LogP contribution in [0.3, 0.4) is 0 Å². The molecule has 0 fully saturated rings. The van der Waals surface area contributed by atoms with Gasteiger partial charge in [-0.3, -0.25) is 0 Å². The molecule has 0 bridgehead atoms. The van der Waals surface area contributed by atoms with Gasteiger partial charge in [0.15, 0.2) is 0 Å². The predicted octanol–water partition coefficient (Wildman–Crippen LogP) is 4.82. The van der Waals surface area contributed by atoms with Gasteiger partial charge >= 0.3 is 0 Å². The number of ether oxygens (including phenoxy) is 1. The average Bonchev–Trinajstić information content (AvgIpc) is 2.53. The lowest BCUT2D eigenvalue weighted by Crippen LogP contribution is -2.24. The van der Waals surface area contributed by atoms with E-state index in [1.165, 1.54) is 0 Å². The largest absolute Gasteiger partial charge is 0.390 e. The standard InChI is InChI=1S/C18H18Cl4O3/c19-13-3-1-11(17(21)7-13)5-15(23)9-25-10-16(24)6-12-2-4-14(20)8-18(12)22/h1-4,7-8,15-16,23-24H,5-6,9-10H2. The van der Waals surface area contributed by atoms with Gasteiger partial charge in [-0.15, -0.1) is 0 Å². The molecule has 2 rings (SSSR count). The molecule has 0 heterocycles. The van der Waals surface area contributed by atoms with E-state index in [1.807, 2.05) is 0 Å². The third-order valence-electron chi connectivity index (χ3n) is 3.56. The van der Waals surface area contributed by atoms with Crippen molar-refractivity contribution >= 4 is 46.4 Å². The van der Waals surface area contributed by atoms with Crippen LogP contribution >= 0.6 is 46.4 Å². The van der Waals surface area contributed by atoms with Gasteiger partial charge in [0, 0.05) is 32.9 Å². The van der Waals surface area contributed by atoms with Crippen LogP contribution in [0, 0.1) is 0 Å². The van der Waals surface area contributed by atoms with Crippen molar-refractivity contribution in [3.63, 3.8) is 0 Å². The maximum Gasteiger partial charge on any atom is 0.0814 e. The fourth-order valence-electron chi connectivity index (χ4n) is 2.34. The molecule has 0 spiro atoms. The van der Waals surface area contributed by atoms with E-state index in [0.717, 1.165) is 11.1 Å². The molecule has 136 valence electrons. The Labute approximate surface area is 167 Å². The normalized spacial score (nSPS) is 13.7. The monoisotopic (exact) mass is 422 g/mol. The second-order valence-electron chi connectivity index (χ2n) is 5.72. The minimum Gasteiger partial charge on any atom is -0.390 e. The molecule has 3 nitrogen and oxygen atoms in total. The van der Waals surface area contributed by atoms with E-state index in [1.54, 1.807) is 36.4 Å². The number of halogens is 4. The molecule has 0 saturated heterocycles. The Kier molecular flexibility index (Phi) is 8.30. The third-order valence-corrected chi connectivity index (χ3v) is 4.74. The quantitative estimate of drug-likeness (QED) is 0.639. The molecule has 2 atom stereocenters. The predicted molar refractivity (Wildman–Crippen MR) is 103 cm³/mol. The molecule has 0 saturated carbocycles. The zero-order valence-corrected chi connectivity index (χ0v) is 16.3. The first-order valence-electron chi connectivity index (χ1n) is 7.67. The van der Waals surface area contributed by atoms with Gasteiger partial charge < -0.3 is 14.9 Å². The molecular weight excluding hydrogens is 406 g/mol. The summed E-state index contributed by atoms with van der Waals surface area (Å²) in [6.07, 6.45) is -0.778. The Morgan fingerprint density at radius 2 is 1.12 bits per heavy atom. The summed E-state index contributed by atoms with van der Waals surface area (Å²) in [6.45, 7) is 0.175. The molecule has 0 radical (unpaired) electrons. The molecule has 2 unspecified atom stereocenters. The highest BCUT2D eigenvalue weighted by molar-refractivity contribution is 6.35. The van der Waals surface area contributed by atoms with E-state index < -0.39 is 12.2 Å². The molecule has 0 aromatic heterocycles. The summed E-state index contributed by atoms with van der Waals surface area (Å²) in [5, 5.41) is 22.2. The molecule has 2 aromatic carbocycles. The van der Waals surface area contributed by atoms with Gasteiger partial charge in [-0.2, -0.15) is 0 Å². The molecular formula is C18H18Cl4O3. The first-order valence-corrected chi connectivity index (χ1v) is 9.18. The van der Waals surface area contributed by atoms with E-state index in [0.29, 0.717) is 32.9 Å². The second kappa shape index (κ2) is 9.98. The maximum atomic E-state index is 10.0. The van der Waals surface area contributed by atoms with Crippen molar-refractivity contribution in [3.8, 4) is 0 Å². The van der Waals surface area contributed by atoms with E-state index in [9.17, 15) is 10.2 Å². The van der Waals surface area contributed by atoms with Gasteiger partial charge in [0.2, 0.25) is 0 Å². The van der Waals surface area contributed by atoms with Gasteiger partial charge in [0.1, 0.15) is 0 Å². The van der Waals surface area contributed by atoms with Crippen molar-refractivity contribution in [1.82, 2.24) is 0 Å². The summed E-state index contributed by atoms with van der Waals surface area (Å²) in [5.74, 6) is 0. The van der Waals surface area contributed by atoms with Crippen LogP contribution in [-0.4, -0.2) is 35.6 Å². The van der Waals surface area contributed by atoms with Gasteiger partial charge in [0.25, 0.3) is 0 Å². The van der Waals surface area contributed by atoms with Crippen LogP contribution in [0.25, 0.3) is 0 Å². The molecule has 0 aliphatic rings. The molecule has 7 heteroatoms. The molecule has 0 amide bonds. The Morgan fingerprint density at radius 3 is 1.48 bits per heavy atom. The topological polar surface area (TPSA) is 49.7 Å². The summed E-state index contributed by atoms with van der Waals surface area (Å²) in [5.41, 5.74) is 1.58. The molecule has 0 aliphatic heterocycles. The highest BCUT2D eigenvalue weighted by Crippen LogP contribution is 2.23. The summed E-state index contributed by atoms with van der Waals surface area (Å²) < 4.78 is 5.39. The Morgan fingerprint density at radius 1 is 0.720 bits per heavy atom. The number of hydrogen-bond acceptors (Lipinski definition) is 3. The molecule has 0 aliphatic carbocycles. The minimum absolute atomic E-state index is 0.0877. The number of hydrogen-bond donors (Lipinski definition) is 2. The highest BCUT2D eigenvalue weighted by atomic mass is 35.5. The van der Waals surface area contributed by atoms with Crippen LogP contribution in [-0.2, 0) is 17.6 Å². The maximum absolute atomic E-state index is 10.0. The number of benzene rings is 2. The van der Waals surface area contributed by atoms with Crippen LogP contribution in [0.5, 0.6) is 0 Å². The summed E-state index contributed by atoms with van der Waals surface area (Å²) in [7, 11) is 0. The van der Waals surface area contributed by atoms with Crippen LogP contribution < -0.4 is 0 Å². The van der Waals surface area contributed by atoms with Crippen molar-refractivity contribution in [3.05, 3.63) is 67.6 Å². The van der Waals surface area contributed by atoms with Crippen molar-refractivity contribution in [2.24, 2.45) is 0 Å². The average molecular weight is 424 g/mol. The number of aliphatic hydroxyl groups is 2. The fraction of sp³-hybridized carbons (Fsp3) is 0.333. The van der Waals surface area contributed by atoms with Gasteiger partial charge in [0.05, 0.1) is 25.4 Å². The summed E-state index contributed by atoms with van der Waals surface area (Å²) >= 11 is 23.8. The Hall–Kier alpha value is -0.520. The first kappa shape index (κ1) is 20.8. The van der Waals surface area contributed by atoms with Crippen LogP contribution in [0.4, 0.5) is 0 Å². The number of rotatable bonds is 8. The van der Waals surface area contributed by atoms with Crippen molar-refractivity contribution in [2.45, 2.75) is 25.0 Å². The summed E-state index contributed by atoms with van der Waals surface area (Å²) in [4.78, 5) is 0. The lowest BCUT2D eigenvalue weighted by molar-refractivity contribution is -0.00668. The van der Waals surface area contributed by atoms with Crippen molar-refractivity contribution < 1.29 is 14.9 Å². The van der Waals surface area contributed by atoms with E-state index in [4.69, 9.17) is 51.1 Å². The zero-order valence-electron chi connectivity index (χ0n) is 13.3. The second-order valence-corrected chi connectivity index (χ2v) is 7.41. The lowest BCUT2D eigenvalue weighted by Gasteiger charge is -2.15. The Bertz CT molecular complexity index is 649. The first-order chi connectivity index (χ1) is 11.8. The van der Waals surface area contributed by atoms with Crippen molar-refractivity contribution in [2.75, 3.05) is 13.2 Å².